The van der Waals surface area contributed by atoms with Crippen LogP contribution in [0.1, 0.15) is 48.5 Å². The number of rotatable bonds is 10. The summed E-state index contributed by atoms with van der Waals surface area (Å²) in [5.41, 5.74) is 2.74. The second kappa shape index (κ2) is 12.0. The van der Waals surface area contributed by atoms with Crippen molar-refractivity contribution in [1.82, 2.24) is 24.1 Å². The fourth-order valence-electron chi connectivity index (χ4n) is 5.21. The first-order valence-corrected chi connectivity index (χ1v) is 15.0. The molecular weight excluding hydrogens is 530 g/mol. The molecule has 2 N–H and O–H groups in total. The first kappa shape index (κ1) is 28.2. The summed E-state index contributed by atoms with van der Waals surface area (Å²) in [5, 5.41) is 15.7. The van der Waals surface area contributed by atoms with Gasteiger partial charge >= 0.3 is 0 Å². The van der Waals surface area contributed by atoms with E-state index in [9.17, 15) is 18.3 Å². The first-order chi connectivity index (χ1) is 19.2. The number of aromatic amines is 1. The number of aliphatic hydroxyl groups excluding tert-OH is 1. The van der Waals surface area contributed by atoms with Gasteiger partial charge in [0.25, 0.3) is 5.56 Å². The Bertz CT molecular complexity index is 1610. The summed E-state index contributed by atoms with van der Waals surface area (Å²) in [4.78, 5) is 20.9. The normalized spacial score (nSPS) is 16.3. The number of ether oxygens (including phenoxy) is 1. The van der Waals surface area contributed by atoms with Gasteiger partial charge in [-0.05, 0) is 56.4 Å². The van der Waals surface area contributed by atoms with Crippen molar-refractivity contribution in [3.63, 3.8) is 0 Å². The second-order valence-corrected chi connectivity index (χ2v) is 12.2. The smallest absolute Gasteiger partial charge is 0.262 e. The number of morpholine rings is 1. The maximum absolute atomic E-state index is 13.1. The van der Waals surface area contributed by atoms with Crippen molar-refractivity contribution in [2.45, 2.75) is 56.6 Å². The Morgan fingerprint density at radius 1 is 1.05 bits per heavy atom. The fraction of sp³-hybridized carbons (Fsp3) is 0.414. The summed E-state index contributed by atoms with van der Waals surface area (Å²) < 4.78 is 34.3. The van der Waals surface area contributed by atoms with Crippen molar-refractivity contribution in [3.05, 3.63) is 87.6 Å². The molecule has 40 heavy (non-hydrogen) atoms. The SMILES string of the molecule is Cc1nn(C(CCCc2ccccc2)C(C)O)c2nc(Cc3ccc(S(=O)(=O)N4CCOCC4)cc3)[nH]c(=O)c12. The molecule has 3 heterocycles. The first-order valence-electron chi connectivity index (χ1n) is 13.6. The maximum Gasteiger partial charge on any atom is 0.262 e. The Balaban J connectivity index is 1.38. The van der Waals surface area contributed by atoms with Crippen molar-refractivity contribution < 1.29 is 18.3 Å². The van der Waals surface area contributed by atoms with Crippen LogP contribution in [0.4, 0.5) is 0 Å². The lowest BCUT2D eigenvalue weighted by atomic mass is 10.0. The van der Waals surface area contributed by atoms with Crippen molar-refractivity contribution in [2.24, 2.45) is 0 Å². The number of aliphatic hydroxyl groups is 1. The van der Waals surface area contributed by atoms with Crippen LogP contribution in [0.15, 0.2) is 64.3 Å². The zero-order chi connectivity index (χ0) is 28.3. The zero-order valence-electron chi connectivity index (χ0n) is 22.8. The zero-order valence-corrected chi connectivity index (χ0v) is 23.6. The number of aromatic nitrogens is 4. The number of H-pyrrole nitrogens is 1. The molecule has 4 aromatic rings. The van der Waals surface area contributed by atoms with Gasteiger partial charge in [-0.25, -0.2) is 18.1 Å². The minimum atomic E-state index is -3.59. The molecule has 0 amide bonds. The molecule has 2 aromatic heterocycles. The minimum absolute atomic E-state index is 0.221. The highest BCUT2D eigenvalue weighted by Crippen LogP contribution is 2.25. The Hall–Kier alpha value is -3.38. The molecule has 2 atom stereocenters. The molecule has 1 fully saturated rings. The topological polar surface area (TPSA) is 130 Å². The number of nitrogens with one attached hydrogen (secondary N) is 1. The predicted molar refractivity (Wildman–Crippen MR) is 152 cm³/mol. The summed E-state index contributed by atoms with van der Waals surface area (Å²) >= 11 is 0. The largest absolute Gasteiger partial charge is 0.391 e. The fourth-order valence-corrected chi connectivity index (χ4v) is 6.62. The van der Waals surface area contributed by atoms with Crippen LogP contribution in [0, 0.1) is 6.92 Å². The standard InChI is InChI=1S/C29H35N5O5S/c1-20-27-28(34(32-20)25(21(2)35)10-6-9-22-7-4-3-5-8-22)30-26(31-29(27)36)19-23-11-13-24(14-12-23)40(37,38)33-15-17-39-18-16-33/h3-5,7-8,11-14,21,25,35H,6,9-10,15-19H2,1-2H3,(H,30,31,36). The van der Waals surface area contributed by atoms with Crippen LogP contribution in [0.3, 0.4) is 0 Å². The third-order valence-corrected chi connectivity index (χ3v) is 9.28. The third-order valence-electron chi connectivity index (χ3n) is 7.37. The molecule has 0 bridgehead atoms. The van der Waals surface area contributed by atoms with E-state index in [2.05, 4.69) is 22.2 Å². The lowest BCUT2D eigenvalue weighted by Crippen LogP contribution is -2.40. The Morgan fingerprint density at radius 3 is 2.42 bits per heavy atom. The number of benzene rings is 2. The molecule has 1 aliphatic rings. The number of hydrogen-bond acceptors (Lipinski definition) is 7. The number of fused-ring (bicyclic) bond motifs is 1. The number of hydrogen-bond donors (Lipinski definition) is 2. The van der Waals surface area contributed by atoms with Crippen LogP contribution in [0.5, 0.6) is 0 Å². The second-order valence-electron chi connectivity index (χ2n) is 10.3. The summed E-state index contributed by atoms with van der Waals surface area (Å²) in [6.45, 7) is 4.95. The summed E-state index contributed by atoms with van der Waals surface area (Å²) in [6, 6.07) is 16.5. The van der Waals surface area contributed by atoms with Gasteiger partial charge in [0.15, 0.2) is 5.65 Å². The van der Waals surface area contributed by atoms with Crippen LogP contribution in [-0.2, 0) is 27.6 Å². The highest BCUT2D eigenvalue weighted by molar-refractivity contribution is 7.89. The number of aryl methyl sites for hydroxylation is 2. The van der Waals surface area contributed by atoms with Crippen LogP contribution in [0.2, 0.25) is 0 Å². The van der Waals surface area contributed by atoms with Crippen molar-refractivity contribution in [1.29, 1.82) is 0 Å². The van der Waals surface area contributed by atoms with E-state index in [0.29, 0.717) is 61.7 Å². The molecule has 0 radical (unpaired) electrons. The van der Waals surface area contributed by atoms with Crippen LogP contribution >= 0.6 is 0 Å². The summed E-state index contributed by atoms with van der Waals surface area (Å²) in [5.74, 6) is 0.441. The van der Waals surface area contributed by atoms with E-state index in [1.807, 2.05) is 18.2 Å². The molecule has 0 aliphatic carbocycles. The molecule has 2 unspecified atom stereocenters. The van der Waals surface area contributed by atoms with Gasteiger partial charge in [-0.2, -0.15) is 9.40 Å². The number of sulfonamides is 1. The van der Waals surface area contributed by atoms with Gasteiger partial charge in [-0.1, -0.05) is 42.5 Å². The molecule has 1 aliphatic heterocycles. The molecule has 10 nitrogen and oxygen atoms in total. The van der Waals surface area contributed by atoms with Crippen LogP contribution < -0.4 is 5.56 Å². The average Bonchev–Trinajstić information content (AvgIpc) is 3.28. The van der Waals surface area contributed by atoms with E-state index in [-0.39, 0.29) is 16.5 Å². The van der Waals surface area contributed by atoms with Crippen molar-refractivity contribution in [3.8, 4) is 0 Å². The van der Waals surface area contributed by atoms with E-state index in [1.54, 1.807) is 42.8 Å². The van der Waals surface area contributed by atoms with E-state index in [0.717, 1.165) is 18.4 Å². The van der Waals surface area contributed by atoms with Gasteiger partial charge in [-0.15, -0.1) is 0 Å². The molecule has 2 aromatic carbocycles. The van der Waals surface area contributed by atoms with E-state index >= 15 is 0 Å². The molecule has 1 saturated heterocycles. The summed E-state index contributed by atoms with van der Waals surface area (Å²) in [7, 11) is -3.59. The van der Waals surface area contributed by atoms with Crippen LogP contribution in [0.25, 0.3) is 11.0 Å². The Kier molecular flexibility index (Phi) is 8.46. The average molecular weight is 566 g/mol. The van der Waals surface area contributed by atoms with E-state index < -0.39 is 16.1 Å². The van der Waals surface area contributed by atoms with E-state index in [1.165, 1.54) is 9.87 Å². The van der Waals surface area contributed by atoms with Gasteiger partial charge in [0.05, 0.1) is 35.9 Å². The molecule has 0 spiro atoms. The highest BCUT2D eigenvalue weighted by atomic mass is 32.2. The highest BCUT2D eigenvalue weighted by Gasteiger charge is 2.27. The molecular formula is C29H35N5O5S. The van der Waals surface area contributed by atoms with Gasteiger partial charge in [-0.3, -0.25) is 4.79 Å². The molecule has 5 rings (SSSR count). The lowest BCUT2D eigenvalue weighted by Gasteiger charge is -2.26. The molecule has 212 valence electrons. The summed E-state index contributed by atoms with van der Waals surface area (Å²) in [6.07, 6.45) is 2.00. The maximum atomic E-state index is 13.1. The lowest BCUT2D eigenvalue weighted by molar-refractivity contribution is 0.0730. The van der Waals surface area contributed by atoms with Crippen molar-refractivity contribution in [2.75, 3.05) is 26.3 Å². The van der Waals surface area contributed by atoms with Gasteiger partial charge in [0.2, 0.25) is 10.0 Å². The molecule has 11 heteroatoms. The van der Waals surface area contributed by atoms with E-state index in [4.69, 9.17) is 9.72 Å². The Labute approximate surface area is 233 Å². The molecule has 0 saturated carbocycles. The minimum Gasteiger partial charge on any atom is -0.391 e. The van der Waals surface area contributed by atoms with Crippen molar-refractivity contribution >= 4 is 21.1 Å². The third kappa shape index (κ3) is 6.02. The Morgan fingerprint density at radius 2 is 1.75 bits per heavy atom. The number of nitrogens with zero attached hydrogens (tertiary/aromatic N) is 4. The predicted octanol–water partition coefficient (Wildman–Crippen LogP) is 2.98. The quantitative estimate of drug-likeness (QED) is 0.302. The monoisotopic (exact) mass is 565 g/mol. The van der Waals surface area contributed by atoms with Gasteiger partial charge < -0.3 is 14.8 Å². The van der Waals surface area contributed by atoms with Gasteiger partial charge in [0.1, 0.15) is 11.2 Å². The van der Waals surface area contributed by atoms with Crippen LogP contribution in [-0.4, -0.2) is 70.0 Å². The van der Waals surface area contributed by atoms with Gasteiger partial charge in [0, 0.05) is 19.5 Å².